The van der Waals surface area contributed by atoms with Gasteiger partial charge in [0.05, 0.1) is 19.0 Å². The minimum atomic E-state index is 0.689. The third-order valence-corrected chi connectivity index (χ3v) is 4.16. The van der Waals surface area contributed by atoms with Gasteiger partial charge in [-0.2, -0.15) is 16.9 Å². The van der Waals surface area contributed by atoms with Crippen molar-refractivity contribution in [2.75, 3.05) is 38.6 Å². The van der Waals surface area contributed by atoms with E-state index >= 15 is 0 Å². The molecule has 1 aliphatic rings. The van der Waals surface area contributed by atoms with Gasteiger partial charge in [0, 0.05) is 32.4 Å². The number of morpholine rings is 1. The van der Waals surface area contributed by atoms with Crippen LogP contribution in [0.3, 0.4) is 0 Å². The largest absolute Gasteiger partial charge is 0.379 e. The lowest BCUT2D eigenvalue weighted by Crippen LogP contribution is -2.37. The summed E-state index contributed by atoms with van der Waals surface area (Å²) >= 11 is 6.96. The lowest BCUT2D eigenvalue weighted by Gasteiger charge is -2.26. The van der Waals surface area contributed by atoms with E-state index in [1.165, 1.54) is 0 Å². The molecule has 1 fully saturated rings. The van der Waals surface area contributed by atoms with Crippen LogP contribution in [0.2, 0.25) is 0 Å². The highest BCUT2D eigenvalue weighted by molar-refractivity contribution is 7.98. The van der Waals surface area contributed by atoms with Crippen molar-refractivity contribution in [2.24, 2.45) is 7.05 Å². The Morgan fingerprint density at radius 1 is 1.47 bits per heavy atom. The van der Waals surface area contributed by atoms with Gasteiger partial charge in [-0.25, -0.2) is 0 Å². The van der Waals surface area contributed by atoms with Crippen molar-refractivity contribution in [3.05, 3.63) is 10.6 Å². The third kappa shape index (κ3) is 3.80. The first-order valence-corrected chi connectivity index (χ1v) is 7.32. The average Bonchev–Trinajstić information content (AvgIpc) is 2.67. The first-order valence-electron chi connectivity index (χ1n) is 5.75. The van der Waals surface area contributed by atoms with Crippen LogP contribution in [0.4, 0.5) is 0 Å². The zero-order valence-corrected chi connectivity index (χ0v) is 11.6. The number of rotatable bonds is 5. The third-order valence-electron chi connectivity index (χ3n) is 2.86. The van der Waals surface area contributed by atoms with Crippen LogP contribution in [0.15, 0.2) is 0 Å². The minimum Gasteiger partial charge on any atom is -0.379 e. The summed E-state index contributed by atoms with van der Waals surface area (Å²) in [4.78, 5) is 2.44. The molecule has 0 bridgehead atoms. The maximum absolute atomic E-state index is 5.32. The molecular weight excluding hydrogens is 256 g/mol. The normalized spacial score (nSPS) is 17.5. The Bertz CT molecular complexity index is 397. The summed E-state index contributed by atoms with van der Waals surface area (Å²) in [6, 6.07) is 0. The molecule has 0 spiro atoms. The standard InChI is InChI=1S/C10H18N4OS2/c1-13-9(11-12-10(13)16)8-17-7-4-14-2-5-15-6-3-14/h2-8H2,1H3,(H,12,16). The van der Waals surface area contributed by atoms with Crippen LogP contribution in [0, 0.1) is 4.77 Å². The van der Waals surface area contributed by atoms with E-state index in [0.29, 0.717) is 4.77 Å². The van der Waals surface area contributed by atoms with Crippen molar-refractivity contribution in [2.45, 2.75) is 5.75 Å². The van der Waals surface area contributed by atoms with Gasteiger partial charge in [0.1, 0.15) is 5.82 Å². The van der Waals surface area contributed by atoms with Gasteiger partial charge in [0.2, 0.25) is 0 Å². The van der Waals surface area contributed by atoms with Crippen LogP contribution in [0.5, 0.6) is 0 Å². The highest BCUT2D eigenvalue weighted by Crippen LogP contribution is 2.10. The molecule has 2 rings (SSSR count). The summed E-state index contributed by atoms with van der Waals surface area (Å²) in [5.74, 6) is 3.05. The van der Waals surface area contributed by atoms with E-state index in [9.17, 15) is 0 Å². The molecule has 0 atom stereocenters. The van der Waals surface area contributed by atoms with Crippen LogP contribution in [0.25, 0.3) is 0 Å². The monoisotopic (exact) mass is 274 g/mol. The Hall–Kier alpha value is -0.370. The van der Waals surface area contributed by atoms with Gasteiger partial charge in [-0.1, -0.05) is 0 Å². The smallest absolute Gasteiger partial charge is 0.194 e. The number of nitrogens with one attached hydrogen (secondary N) is 1. The second-order valence-corrected chi connectivity index (χ2v) is 5.50. The molecule has 1 aliphatic heterocycles. The zero-order chi connectivity index (χ0) is 12.1. The SMILES string of the molecule is Cn1c(CSCCN2CCOCC2)n[nH]c1=S. The topological polar surface area (TPSA) is 46.1 Å². The van der Waals surface area contributed by atoms with Crippen molar-refractivity contribution in [1.29, 1.82) is 0 Å². The minimum absolute atomic E-state index is 0.689. The Morgan fingerprint density at radius 2 is 2.24 bits per heavy atom. The molecule has 1 aromatic rings. The lowest BCUT2D eigenvalue weighted by molar-refractivity contribution is 0.0410. The molecule has 0 aliphatic carbocycles. The van der Waals surface area contributed by atoms with E-state index in [0.717, 1.165) is 50.2 Å². The maximum atomic E-state index is 5.32. The number of nitrogens with zero attached hydrogens (tertiary/aromatic N) is 3. The predicted octanol–water partition coefficient (Wildman–Crippen LogP) is 1.04. The molecule has 1 N–H and O–H groups in total. The number of aromatic nitrogens is 3. The van der Waals surface area contributed by atoms with Gasteiger partial charge in [-0.3, -0.25) is 10.00 Å². The molecule has 7 heteroatoms. The van der Waals surface area contributed by atoms with Crippen LogP contribution in [-0.2, 0) is 17.5 Å². The van der Waals surface area contributed by atoms with E-state index in [1.807, 2.05) is 23.4 Å². The molecule has 0 unspecified atom stereocenters. The maximum Gasteiger partial charge on any atom is 0.194 e. The molecule has 17 heavy (non-hydrogen) atoms. The van der Waals surface area contributed by atoms with E-state index in [1.54, 1.807) is 0 Å². The number of hydrogen-bond donors (Lipinski definition) is 1. The number of ether oxygens (including phenoxy) is 1. The number of hydrogen-bond acceptors (Lipinski definition) is 5. The highest BCUT2D eigenvalue weighted by atomic mass is 32.2. The van der Waals surface area contributed by atoms with Gasteiger partial charge in [-0.05, 0) is 12.2 Å². The first kappa shape index (κ1) is 13.1. The number of aromatic amines is 1. The van der Waals surface area contributed by atoms with E-state index < -0.39 is 0 Å². The molecule has 2 heterocycles. The summed E-state index contributed by atoms with van der Waals surface area (Å²) in [6.07, 6.45) is 0. The van der Waals surface area contributed by atoms with Crippen molar-refractivity contribution < 1.29 is 4.74 Å². The van der Waals surface area contributed by atoms with Gasteiger partial charge in [0.25, 0.3) is 0 Å². The Morgan fingerprint density at radius 3 is 2.88 bits per heavy atom. The van der Waals surface area contributed by atoms with Gasteiger partial charge in [-0.15, -0.1) is 0 Å². The fourth-order valence-corrected chi connectivity index (χ4v) is 2.81. The Balaban J connectivity index is 1.66. The van der Waals surface area contributed by atoms with E-state index in [2.05, 4.69) is 15.1 Å². The molecule has 1 aromatic heterocycles. The summed E-state index contributed by atoms with van der Waals surface area (Å²) in [6.45, 7) is 5.00. The first-order chi connectivity index (χ1) is 8.27. The fraction of sp³-hybridized carbons (Fsp3) is 0.800. The van der Waals surface area contributed by atoms with Crippen molar-refractivity contribution in [3.63, 3.8) is 0 Å². The Kier molecular flexibility index (Phi) is 5.02. The number of thioether (sulfide) groups is 1. The quantitative estimate of drug-likeness (QED) is 0.642. The lowest BCUT2D eigenvalue weighted by atomic mass is 10.4. The second kappa shape index (κ2) is 6.53. The summed E-state index contributed by atoms with van der Waals surface area (Å²) in [7, 11) is 1.95. The number of H-pyrrole nitrogens is 1. The van der Waals surface area contributed by atoms with Crippen LogP contribution < -0.4 is 0 Å². The van der Waals surface area contributed by atoms with Crippen molar-refractivity contribution in [1.82, 2.24) is 19.7 Å². The fourth-order valence-electron chi connectivity index (χ4n) is 1.69. The summed E-state index contributed by atoms with van der Waals surface area (Å²) in [5.41, 5.74) is 0. The van der Waals surface area contributed by atoms with Crippen molar-refractivity contribution in [3.8, 4) is 0 Å². The predicted molar refractivity (Wildman–Crippen MR) is 71.8 cm³/mol. The van der Waals surface area contributed by atoms with Gasteiger partial charge < -0.3 is 9.30 Å². The molecule has 0 amide bonds. The van der Waals surface area contributed by atoms with E-state index in [4.69, 9.17) is 17.0 Å². The summed E-state index contributed by atoms with van der Waals surface area (Å²) in [5, 5.41) is 6.99. The second-order valence-electron chi connectivity index (χ2n) is 4.01. The zero-order valence-electron chi connectivity index (χ0n) is 10.0. The molecule has 96 valence electrons. The molecule has 0 aromatic carbocycles. The average molecular weight is 274 g/mol. The molecular formula is C10H18N4OS2. The van der Waals surface area contributed by atoms with Gasteiger partial charge >= 0.3 is 0 Å². The highest BCUT2D eigenvalue weighted by Gasteiger charge is 2.09. The van der Waals surface area contributed by atoms with E-state index in [-0.39, 0.29) is 0 Å². The van der Waals surface area contributed by atoms with Gasteiger partial charge in [0.15, 0.2) is 4.77 Å². The molecule has 0 saturated carbocycles. The molecule has 5 nitrogen and oxygen atoms in total. The Labute approximate surface area is 111 Å². The van der Waals surface area contributed by atoms with Crippen LogP contribution >= 0.6 is 24.0 Å². The molecule has 0 radical (unpaired) electrons. The van der Waals surface area contributed by atoms with Crippen LogP contribution in [-0.4, -0.2) is 58.3 Å². The van der Waals surface area contributed by atoms with Crippen molar-refractivity contribution >= 4 is 24.0 Å². The summed E-state index contributed by atoms with van der Waals surface area (Å²) < 4.78 is 7.93. The van der Waals surface area contributed by atoms with Crippen LogP contribution in [0.1, 0.15) is 5.82 Å². The molecule has 1 saturated heterocycles.